The Morgan fingerprint density at radius 2 is 2.19 bits per heavy atom. The largest absolute Gasteiger partial charge is 0.383 e. The van der Waals surface area contributed by atoms with E-state index < -0.39 is 0 Å². The van der Waals surface area contributed by atoms with E-state index in [1.165, 1.54) is 25.7 Å². The van der Waals surface area contributed by atoms with Gasteiger partial charge >= 0.3 is 0 Å². The Hall–Kier alpha value is -0.120. The van der Waals surface area contributed by atoms with Crippen LogP contribution in [0.15, 0.2) is 0 Å². The third-order valence-corrected chi connectivity index (χ3v) is 3.99. The van der Waals surface area contributed by atoms with E-state index in [-0.39, 0.29) is 0 Å². The van der Waals surface area contributed by atoms with Crippen molar-refractivity contribution in [3.8, 4) is 0 Å². The van der Waals surface area contributed by atoms with Gasteiger partial charge in [-0.15, -0.1) is 0 Å². The van der Waals surface area contributed by atoms with E-state index in [1.54, 1.807) is 7.11 Å². The molecule has 1 N–H and O–H groups in total. The molecule has 1 aliphatic carbocycles. The predicted molar refractivity (Wildman–Crippen MR) is 68.8 cm³/mol. The summed E-state index contributed by atoms with van der Waals surface area (Å²) in [7, 11) is 3.88. The molecule has 1 fully saturated rings. The first-order valence-corrected chi connectivity index (χ1v) is 6.66. The Morgan fingerprint density at radius 3 is 2.75 bits per heavy atom. The smallest absolute Gasteiger partial charge is 0.0589 e. The third kappa shape index (κ3) is 3.44. The van der Waals surface area contributed by atoms with Gasteiger partial charge in [-0.05, 0) is 33.2 Å². The lowest BCUT2D eigenvalue weighted by Crippen LogP contribution is -2.50. The fourth-order valence-corrected chi connectivity index (χ4v) is 2.82. The van der Waals surface area contributed by atoms with Gasteiger partial charge in [0.15, 0.2) is 0 Å². The molecule has 3 unspecified atom stereocenters. The number of nitrogens with zero attached hydrogens (tertiary/aromatic N) is 1. The minimum absolute atomic E-state index is 0.661. The standard InChI is InChI=1S/C13H28N2O/c1-5-11(2)15(9-10-16-4)13-8-6-7-12(13)14-3/h11-14H,5-10H2,1-4H3. The number of likely N-dealkylation sites (N-methyl/N-ethyl adjacent to an activating group) is 1. The molecular formula is C13H28N2O. The quantitative estimate of drug-likeness (QED) is 0.720. The molecule has 1 saturated carbocycles. The Bertz CT molecular complexity index is 187. The van der Waals surface area contributed by atoms with Gasteiger partial charge in [0.1, 0.15) is 0 Å². The van der Waals surface area contributed by atoms with Gasteiger partial charge < -0.3 is 10.1 Å². The Kier molecular flexibility index (Phi) is 6.32. The zero-order valence-corrected chi connectivity index (χ0v) is 11.3. The van der Waals surface area contributed by atoms with Gasteiger partial charge in [-0.2, -0.15) is 0 Å². The highest BCUT2D eigenvalue weighted by Crippen LogP contribution is 2.26. The number of nitrogens with one attached hydrogen (secondary N) is 1. The average molecular weight is 228 g/mol. The van der Waals surface area contributed by atoms with Crippen molar-refractivity contribution >= 4 is 0 Å². The summed E-state index contributed by atoms with van der Waals surface area (Å²) in [6, 6.07) is 2.04. The minimum Gasteiger partial charge on any atom is -0.383 e. The molecule has 0 aromatic rings. The Labute approximate surface area is 101 Å². The van der Waals surface area contributed by atoms with Crippen LogP contribution in [0.1, 0.15) is 39.5 Å². The zero-order chi connectivity index (χ0) is 12.0. The second kappa shape index (κ2) is 7.25. The highest BCUT2D eigenvalue weighted by Gasteiger charge is 2.32. The molecule has 1 aliphatic rings. The topological polar surface area (TPSA) is 24.5 Å². The van der Waals surface area contributed by atoms with E-state index in [0.29, 0.717) is 18.1 Å². The lowest BCUT2D eigenvalue weighted by molar-refractivity contribution is 0.0799. The first-order valence-electron chi connectivity index (χ1n) is 6.66. The lowest BCUT2D eigenvalue weighted by Gasteiger charge is -2.37. The van der Waals surface area contributed by atoms with Crippen LogP contribution in [0.25, 0.3) is 0 Å². The average Bonchev–Trinajstić information content (AvgIpc) is 2.77. The van der Waals surface area contributed by atoms with E-state index in [2.05, 4.69) is 31.1 Å². The summed E-state index contributed by atoms with van der Waals surface area (Å²) in [5.41, 5.74) is 0. The van der Waals surface area contributed by atoms with E-state index in [0.717, 1.165) is 13.2 Å². The van der Waals surface area contributed by atoms with Gasteiger partial charge in [0.25, 0.3) is 0 Å². The number of hydrogen-bond acceptors (Lipinski definition) is 3. The molecule has 3 heteroatoms. The fraction of sp³-hybridized carbons (Fsp3) is 1.00. The maximum Gasteiger partial charge on any atom is 0.0589 e. The molecule has 1 rings (SSSR count). The molecule has 96 valence electrons. The van der Waals surface area contributed by atoms with Gasteiger partial charge in [-0.3, -0.25) is 4.90 Å². The molecule has 0 bridgehead atoms. The van der Waals surface area contributed by atoms with Gasteiger partial charge in [0, 0.05) is 31.8 Å². The van der Waals surface area contributed by atoms with Gasteiger partial charge in [0.05, 0.1) is 6.61 Å². The molecule has 0 amide bonds. The molecule has 3 nitrogen and oxygen atoms in total. The summed E-state index contributed by atoms with van der Waals surface area (Å²) in [6.07, 6.45) is 5.23. The van der Waals surface area contributed by atoms with Crippen LogP contribution in [-0.2, 0) is 4.74 Å². The molecule has 0 heterocycles. The monoisotopic (exact) mass is 228 g/mol. The normalized spacial score (nSPS) is 27.6. The number of ether oxygens (including phenoxy) is 1. The highest BCUT2D eigenvalue weighted by molar-refractivity contribution is 4.91. The summed E-state index contributed by atoms with van der Waals surface area (Å²) in [5, 5.41) is 3.47. The van der Waals surface area contributed by atoms with Crippen LogP contribution in [0.5, 0.6) is 0 Å². The predicted octanol–water partition coefficient (Wildman–Crippen LogP) is 1.87. The van der Waals surface area contributed by atoms with Crippen molar-refractivity contribution in [3.05, 3.63) is 0 Å². The number of hydrogen-bond donors (Lipinski definition) is 1. The van der Waals surface area contributed by atoms with Gasteiger partial charge in [-0.25, -0.2) is 0 Å². The zero-order valence-electron chi connectivity index (χ0n) is 11.3. The Morgan fingerprint density at radius 1 is 1.44 bits per heavy atom. The SMILES string of the molecule is CCC(C)N(CCOC)C1CCCC1NC. The van der Waals surface area contributed by atoms with Crippen LogP contribution in [-0.4, -0.2) is 50.3 Å². The highest BCUT2D eigenvalue weighted by atomic mass is 16.5. The summed E-state index contributed by atoms with van der Waals surface area (Å²) in [5.74, 6) is 0. The third-order valence-electron chi connectivity index (χ3n) is 3.99. The molecule has 0 radical (unpaired) electrons. The van der Waals surface area contributed by atoms with Gasteiger partial charge in [0.2, 0.25) is 0 Å². The van der Waals surface area contributed by atoms with Crippen molar-refractivity contribution < 1.29 is 4.74 Å². The first kappa shape index (κ1) is 13.9. The van der Waals surface area contributed by atoms with Crippen LogP contribution in [0.4, 0.5) is 0 Å². The van der Waals surface area contributed by atoms with Crippen LogP contribution < -0.4 is 5.32 Å². The second-order valence-corrected chi connectivity index (χ2v) is 4.88. The molecule has 0 saturated heterocycles. The van der Waals surface area contributed by atoms with E-state index in [1.807, 2.05) is 0 Å². The van der Waals surface area contributed by atoms with Crippen LogP contribution >= 0.6 is 0 Å². The summed E-state index contributed by atoms with van der Waals surface area (Å²) < 4.78 is 5.23. The van der Waals surface area contributed by atoms with Crippen molar-refractivity contribution in [2.24, 2.45) is 0 Å². The number of rotatable bonds is 7. The fourth-order valence-electron chi connectivity index (χ4n) is 2.82. The van der Waals surface area contributed by atoms with Crippen molar-refractivity contribution in [2.45, 2.75) is 57.7 Å². The van der Waals surface area contributed by atoms with Crippen LogP contribution in [0, 0.1) is 0 Å². The summed E-state index contributed by atoms with van der Waals surface area (Å²) in [4.78, 5) is 2.64. The van der Waals surface area contributed by atoms with Crippen molar-refractivity contribution in [1.82, 2.24) is 10.2 Å². The lowest BCUT2D eigenvalue weighted by atomic mass is 10.1. The van der Waals surface area contributed by atoms with Crippen LogP contribution in [0.2, 0.25) is 0 Å². The molecule has 0 aromatic heterocycles. The second-order valence-electron chi connectivity index (χ2n) is 4.88. The van der Waals surface area contributed by atoms with E-state index in [4.69, 9.17) is 4.74 Å². The summed E-state index contributed by atoms with van der Waals surface area (Å²) in [6.45, 7) is 6.51. The maximum atomic E-state index is 5.23. The molecule has 3 atom stereocenters. The van der Waals surface area contributed by atoms with Crippen molar-refractivity contribution in [3.63, 3.8) is 0 Å². The first-order chi connectivity index (χ1) is 7.74. The maximum absolute atomic E-state index is 5.23. The molecule has 0 spiro atoms. The molecule has 16 heavy (non-hydrogen) atoms. The van der Waals surface area contributed by atoms with E-state index >= 15 is 0 Å². The van der Waals surface area contributed by atoms with E-state index in [9.17, 15) is 0 Å². The molecular weight excluding hydrogens is 200 g/mol. The van der Waals surface area contributed by atoms with Gasteiger partial charge in [-0.1, -0.05) is 13.3 Å². The van der Waals surface area contributed by atoms with Crippen LogP contribution in [0.3, 0.4) is 0 Å². The molecule has 0 aliphatic heterocycles. The van der Waals surface area contributed by atoms with Crippen molar-refractivity contribution in [2.75, 3.05) is 27.3 Å². The number of methoxy groups -OCH3 is 1. The molecule has 0 aromatic carbocycles. The minimum atomic E-state index is 0.661. The van der Waals surface area contributed by atoms with Crippen molar-refractivity contribution in [1.29, 1.82) is 0 Å². The summed E-state index contributed by atoms with van der Waals surface area (Å²) >= 11 is 0. The Balaban J connectivity index is 2.59.